The standard InChI is InChI=1S/C25H23N5OS2/c1-25(2)12-19-17(13-31-25)11-18-20-21(33-24(18)30-19)22(29-14-28-20)26-8-7-15-3-5-16(6-4-15)23-27-9-10-32-23/h3-6,9-11,14H,7-8,12-13H2,1-2H3,(H,26,28,29). The number of anilines is 1. The van der Waals surface area contributed by atoms with E-state index in [-0.39, 0.29) is 5.60 Å². The van der Waals surface area contributed by atoms with Crippen LogP contribution in [0.1, 0.15) is 30.7 Å². The van der Waals surface area contributed by atoms with E-state index in [4.69, 9.17) is 9.72 Å². The summed E-state index contributed by atoms with van der Waals surface area (Å²) < 4.78 is 7.05. The molecule has 0 spiro atoms. The van der Waals surface area contributed by atoms with E-state index in [1.165, 1.54) is 5.56 Å². The molecule has 5 aromatic rings. The van der Waals surface area contributed by atoms with Gasteiger partial charge in [-0.25, -0.2) is 19.9 Å². The van der Waals surface area contributed by atoms with Crippen molar-refractivity contribution in [3.63, 3.8) is 0 Å². The van der Waals surface area contributed by atoms with Gasteiger partial charge in [-0.1, -0.05) is 24.3 Å². The fourth-order valence-corrected chi connectivity index (χ4v) is 5.96. The van der Waals surface area contributed by atoms with Crippen molar-refractivity contribution in [2.24, 2.45) is 0 Å². The van der Waals surface area contributed by atoms with Crippen LogP contribution >= 0.6 is 22.7 Å². The number of nitrogens with one attached hydrogen (secondary N) is 1. The Morgan fingerprint density at radius 1 is 1.12 bits per heavy atom. The Morgan fingerprint density at radius 3 is 2.82 bits per heavy atom. The first-order valence-corrected chi connectivity index (χ1v) is 12.7. The molecule has 1 N–H and O–H groups in total. The van der Waals surface area contributed by atoms with Crippen LogP contribution in [0.15, 0.2) is 48.2 Å². The normalized spacial score (nSPS) is 15.1. The molecule has 6 rings (SSSR count). The Kier molecular flexibility index (Phi) is 5.09. The zero-order valence-electron chi connectivity index (χ0n) is 18.5. The first-order valence-electron chi connectivity index (χ1n) is 11.0. The summed E-state index contributed by atoms with van der Waals surface area (Å²) in [4.78, 5) is 19.5. The molecular formula is C25H23N5OS2. The first kappa shape index (κ1) is 20.7. The van der Waals surface area contributed by atoms with Crippen LogP contribution in [-0.2, 0) is 24.2 Å². The molecule has 166 valence electrons. The van der Waals surface area contributed by atoms with Crippen LogP contribution in [0.4, 0.5) is 5.82 Å². The highest BCUT2D eigenvalue weighted by Crippen LogP contribution is 2.38. The number of benzene rings is 1. The van der Waals surface area contributed by atoms with Gasteiger partial charge in [0.1, 0.15) is 22.0 Å². The monoisotopic (exact) mass is 473 g/mol. The van der Waals surface area contributed by atoms with Crippen molar-refractivity contribution in [1.29, 1.82) is 0 Å². The van der Waals surface area contributed by atoms with Crippen LogP contribution in [-0.4, -0.2) is 32.1 Å². The van der Waals surface area contributed by atoms with E-state index in [1.807, 2.05) is 11.6 Å². The van der Waals surface area contributed by atoms with Gasteiger partial charge in [0.05, 0.1) is 28.1 Å². The highest BCUT2D eigenvalue weighted by atomic mass is 32.1. The number of fused-ring (bicyclic) bond motifs is 4. The fourth-order valence-electron chi connectivity index (χ4n) is 4.22. The second-order valence-electron chi connectivity index (χ2n) is 8.89. The number of hydrogen-bond donors (Lipinski definition) is 1. The van der Waals surface area contributed by atoms with Crippen LogP contribution in [0.25, 0.3) is 31.0 Å². The number of hydrogen-bond acceptors (Lipinski definition) is 8. The lowest BCUT2D eigenvalue weighted by molar-refractivity contribution is -0.0411. The number of ether oxygens (including phenoxy) is 1. The zero-order valence-corrected chi connectivity index (χ0v) is 20.1. The average molecular weight is 474 g/mol. The summed E-state index contributed by atoms with van der Waals surface area (Å²) in [6.45, 7) is 5.63. The maximum atomic E-state index is 5.99. The average Bonchev–Trinajstić information content (AvgIpc) is 3.46. The summed E-state index contributed by atoms with van der Waals surface area (Å²) in [6.07, 6.45) is 5.21. The molecule has 1 aliphatic heterocycles. The summed E-state index contributed by atoms with van der Waals surface area (Å²) in [5.41, 5.74) is 5.52. The highest BCUT2D eigenvalue weighted by Gasteiger charge is 2.28. The van der Waals surface area contributed by atoms with E-state index < -0.39 is 0 Å². The van der Waals surface area contributed by atoms with Gasteiger partial charge in [-0.05, 0) is 31.9 Å². The third-order valence-electron chi connectivity index (χ3n) is 5.96. The minimum absolute atomic E-state index is 0.171. The molecule has 4 aromatic heterocycles. The van der Waals surface area contributed by atoms with E-state index in [0.717, 1.165) is 67.5 Å². The Labute approximate surface area is 199 Å². The number of nitrogens with zero attached hydrogens (tertiary/aromatic N) is 4. The summed E-state index contributed by atoms with van der Waals surface area (Å²) in [5, 5.41) is 7.66. The lowest BCUT2D eigenvalue weighted by Gasteiger charge is -2.30. The maximum absolute atomic E-state index is 5.99. The molecule has 8 heteroatoms. The molecule has 1 aliphatic rings. The molecule has 0 amide bonds. The predicted octanol–water partition coefficient (Wildman–Crippen LogP) is 5.87. The largest absolute Gasteiger partial charge is 0.370 e. The molecule has 0 bridgehead atoms. The van der Waals surface area contributed by atoms with Gasteiger partial charge in [-0.3, -0.25) is 0 Å². The number of thiazole rings is 1. The van der Waals surface area contributed by atoms with Crippen LogP contribution in [0, 0.1) is 0 Å². The third-order valence-corrected chi connectivity index (χ3v) is 7.88. The van der Waals surface area contributed by atoms with Gasteiger partial charge in [0.25, 0.3) is 0 Å². The van der Waals surface area contributed by atoms with Crippen molar-refractivity contribution >= 4 is 48.9 Å². The van der Waals surface area contributed by atoms with E-state index >= 15 is 0 Å². The van der Waals surface area contributed by atoms with Crippen molar-refractivity contribution in [2.45, 2.75) is 38.9 Å². The van der Waals surface area contributed by atoms with Crippen LogP contribution < -0.4 is 5.32 Å². The molecule has 0 saturated carbocycles. The quantitative estimate of drug-likeness (QED) is 0.344. The summed E-state index contributed by atoms with van der Waals surface area (Å²) in [7, 11) is 0. The van der Waals surface area contributed by atoms with E-state index in [1.54, 1.807) is 29.0 Å². The SMILES string of the molecule is CC1(C)Cc2nc3sc4c(NCCc5ccc(-c6nccs6)cc5)ncnc4c3cc2CO1. The Balaban J connectivity index is 1.22. The highest BCUT2D eigenvalue weighted by molar-refractivity contribution is 7.25. The number of rotatable bonds is 5. The van der Waals surface area contributed by atoms with Gasteiger partial charge in [-0.15, -0.1) is 22.7 Å². The maximum Gasteiger partial charge on any atom is 0.147 e. The Hall–Kier alpha value is -2.94. The number of pyridine rings is 1. The lowest BCUT2D eigenvalue weighted by atomic mass is 9.95. The topological polar surface area (TPSA) is 72.8 Å². The molecule has 6 nitrogen and oxygen atoms in total. The molecule has 1 aromatic carbocycles. The lowest BCUT2D eigenvalue weighted by Crippen LogP contribution is -2.32. The van der Waals surface area contributed by atoms with Gasteiger partial charge in [0.15, 0.2) is 0 Å². The van der Waals surface area contributed by atoms with E-state index in [2.05, 4.69) is 64.4 Å². The third kappa shape index (κ3) is 3.99. The molecule has 0 saturated heterocycles. The Bertz CT molecular complexity index is 1440. The van der Waals surface area contributed by atoms with Gasteiger partial charge in [0.2, 0.25) is 0 Å². The smallest absolute Gasteiger partial charge is 0.147 e. The zero-order chi connectivity index (χ0) is 22.4. The molecule has 0 radical (unpaired) electrons. The number of aromatic nitrogens is 4. The first-order chi connectivity index (χ1) is 16.1. The molecule has 0 unspecified atom stereocenters. The van der Waals surface area contributed by atoms with Crippen LogP contribution in [0.3, 0.4) is 0 Å². The number of thiophene rings is 1. The molecule has 5 heterocycles. The van der Waals surface area contributed by atoms with E-state index in [9.17, 15) is 0 Å². The van der Waals surface area contributed by atoms with Crippen molar-refractivity contribution in [1.82, 2.24) is 19.9 Å². The van der Waals surface area contributed by atoms with Crippen molar-refractivity contribution in [2.75, 3.05) is 11.9 Å². The summed E-state index contributed by atoms with van der Waals surface area (Å²) in [6, 6.07) is 10.8. The van der Waals surface area contributed by atoms with Crippen molar-refractivity contribution in [3.8, 4) is 10.6 Å². The van der Waals surface area contributed by atoms with Crippen LogP contribution in [0.5, 0.6) is 0 Å². The second kappa shape index (κ2) is 8.13. The predicted molar refractivity (Wildman–Crippen MR) is 135 cm³/mol. The fraction of sp³-hybridized carbons (Fsp3) is 0.280. The molecule has 33 heavy (non-hydrogen) atoms. The molecule has 0 atom stereocenters. The van der Waals surface area contributed by atoms with Crippen LogP contribution in [0.2, 0.25) is 0 Å². The van der Waals surface area contributed by atoms with Gasteiger partial charge in [0, 0.05) is 41.1 Å². The Morgan fingerprint density at radius 2 is 2.00 bits per heavy atom. The van der Waals surface area contributed by atoms with Gasteiger partial charge < -0.3 is 10.1 Å². The molecule has 0 fully saturated rings. The van der Waals surface area contributed by atoms with Crippen molar-refractivity contribution < 1.29 is 4.74 Å². The van der Waals surface area contributed by atoms with Crippen molar-refractivity contribution in [3.05, 3.63) is 65.1 Å². The summed E-state index contributed by atoms with van der Waals surface area (Å²) in [5.74, 6) is 0.872. The molecular weight excluding hydrogens is 450 g/mol. The minimum Gasteiger partial charge on any atom is -0.370 e. The summed E-state index contributed by atoms with van der Waals surface area (Å²) >= 11 is 3.32. The van der Waals surface area contributed by atoms with E-state index in [0.29, 0.717) is 6.61 Å². The second-order valence-corrected chi connectivity index (χ2v) is 10.8. The van der Waals surface area contributed by atoms with Gasteiger partial charge in [-0.2, -0.15) is 0 Å². The minimum atomic E-state index is -0.171. The van der Waals surface area contributed by atoms with Gasteiger partial charge >= 0.3 is 0 Å². The molecule has 0 aliphatic carbocycles.